The summed E-state index contributed by atoms with van der Waals surface area (Å²) in [5.41, 5.74) is 7.20. The van der Waals surface area contributed by atoms with E-state index in [2.05, 4.69) is 10.3 Å². The first-order chi connectivity index (χ1) is 9.14. The maximum absolute atomic E-state index is 12.2. The smallest absolute Gasteiger partial charge is 0.272 e. The van der Waals surface area contributed by atoms with E-state index in [4.69, 9.17) is 5.73 Å². The van der Waals surface area contributed by atoms with Crippen molar-refractivity contribution in [2.24, 2.45) is 5.73 Å². The van der Waals surface area contributed by atoms with Gasteiger partial charge >= 0.3 is 0 Å². The minimum atomic E-state index is -0.0220. The zero-order valence-corrected chi connectivity index (χ0v) is 11.6. The molecule has 1 amide bonds. The van der Waals surface area contributed by atoms with Crippen LogP contribution in [0.25, 0.3) is 0 Å². The third-order valence-corrected chi connectivity index (χ3v) is 3.68. The number of nitrogens with zero attached hydrogens (tertiary/aromatic N) is 2. The van der Waals surface area contributed by atoms with Crippen molar-refractivity contribution < 1.29 is 4.79 Å². The molecular formula is C14H22N4O. The minimum absolute atomic E-state index is 0.0220. The summed E-state index contributed by atoms with van der Waals surface area (Å²) in [7, 11) is 0. The van der Waals surface area contributed by atoms with Crippen LogP contribution in [0.5, 0.6) is 0 Å². The van der Waals surface area contributed by atoms with Crippen molar-refractivity contribution in [1.82, 2.24) is 9.88 Å². The highest BCUT2D eigenvalue weighted by Crippen LogP contribution is 2.37. The summed E-state index contributed by atoms with van der Waals surface area (Å²) in [5, 5.41) is 3.41. The summed E-state index contributed by atoms with van der Waals surface area (Å²) in [5.74, 6) is -0.0220. The molecule has 0 aromatic carbocycles. The summed E-state index contributed by atoms with van der Waals surface area (Å²) >= 11 is 0. The van der Waals surface area contributed by atoms with Gasteiger partial charge in [-0.1, -0.05) is 0 Å². The van der Waals surface area contributed by atoms with Gasteiger partial charge in [0.25, 0.3) is 5.91 Å². The maximum Gasteiger partial charge on any atom is 0.272 e. The van der Waals surface area contributed by atoms with E-state index in [1.54, 1.807) is 11.1 Å². The molecule has 0 spiro atoms. The molecule has 1 aliphatic rings. The summed E-state index contributed by atoms with van der Waals surface area (Å²) in [4.78, 5) is 18.2. The molecule has 19 heavy (non-hydrogen) atoms. The van der Waals surface area contributed by atoms with Crippen LogP contribution in [0.3, 0.4) is 0 Å². The van der Waals surface area contributed by atoms with Crippen LogP contribution in [-0.2, 0) is 0 Å². The molecule has 5 nitrogen and oxygen atoms in total. The predicted octanol–water partition coefficient (Wildman–Crippen LogP) is 1.47. The lowest BCUT2D eigenvalue weighted by Crippen LogP contribution is -2.32. The molecule has 3 N–H and O–H groups in total. The molecule has 1 aromatic heterocycles. The number of amides is 1. The Morgan fingerprint density at radius 2 is 2.16 bits per heavy atom. The fourth-order valence-corrected chi connectivity index (χ4v) is 2.14. The second kappa shape index (κ2) is 5.57. The molecule has 1 aliphatic carbocycles. The molecule has 1 fully saturated rings. The summed E-state index contributed by atoms with van der Waals surface area (Å²) in [6.07, 6.45) is 3.85. The largest absolute Gasteiger partial charge is 0.378 e. The molecule has 0 unspecified atom stereocenters. The average molecular weight is 262 g/mol. The number of nitrogens with one attached hydrogen (secondary N) is 1. The van der Waals surface area contributed by atoms with E-state index in [0.717, 1.165) is 18.5 Å². The number of carbonyl (C=O) groups is 1. The lowest BCUT2D eigenvalue weighted by atomic mass is 10.2. The number of anilines is 1. The van der Waals surface area contributed by atoms with Crippen molar-refractivity contribution in [3.05, 3.63) is 24.0 Å². The SMILES string of the molecule is CCN(CC)C(=O)c1cc(NC2(CN)CC2)ccn1. The van der Waals surface area contributed by atoms with E-state index in [9.17, 15) is 4.79 Å². The second-order valence-electron chi connectivity index (χ2n) is 5.02. The van der Waals surface area contributed by atoms with E-state index in [1.807, 2.05) is 26.0 Å². The normalized spacial score (nSPS) is 15.9. The number of nitrogens with two attached hydrogens (primary N) is 1. The Balaban J connectivity index is 2.12. The molecule has 1 heterocycles. The topological polar surface area (TPSA) is 71.2 Å². The predicted molar refractivity (Wildman–Crippen MR) is 76.1 cm³/mol. The van der Waals surface area contributed by atoms with Crippen LogP contribution in [0, 0.1) is 0 Å². The highest BCUT2D eigenvalue weighted by atomic mass is 16.2. The lowest BCUT2D eigenvalue weighted by Gasteiger charge is -2.20. The summed E-state index contributed by atoms with van der Waals surface area (Å²) in [6.45, 7) is 5.95. The molecule has 0 radical (unpaired) electrons. The van der Waals surface area contributed by atoms with Crippen LogP contribution in [-0.4, -0.2) is 41.0 Å². The second-order valence-corrected chi connectivity index (χ2v) is 5.02. The number of hydrogen-bond acceptors (Lipinski definition) is 4. The highest BCUT2D eigenvalue weighted by Gasteiger charge is 2.41. The van der Waals surface area contributed by atoms with E-state index in [0.29, 0.717) is 25.3 Å². The highest BCUT2D eigenvalue weighted by molar-refractivity contribution is 5.93. The summed E-state index contributed by atoms with van der Waals surface area (Å²) < 4.78 is 0. The number of hydrogen-bond donors (Lipinski definition) is 2. The van der Waals surface area contributed by atoms with Crippen LogP contribution in [0.4, 0.5) is 5.69 Å². The fraction of sp³-hybridized carbons (Fsp3) is 0.571. The van der Waals surface area contributed by atoms with Crippen molar-refractivity contribution in [2.75, 3.05) is 25.0 Å². The van der Waals surface area contributed by atoms with Crippen molar-refractivity contribution in [3.63, 3.8) is 0 Å². The lowest BCUT2D eigenvalue weighted by molar-refractivity contribution is 0.0767. The van der Waals surface area contributed by atoms with Crippen molar-refractivity contribution in [2.45, 2.75) is 32.2 Å². The first kappa shape index (κ1) is 13.8. The zero-order chi connectivity index (χ0) is 13.9. The van der Waals surface area contributed by atoms with Gasteiger partial charge in [0.2, 0.25) is 0 Å². The van der Waals surface area contributed by atoms with Crippen LogP contribution >= 0.6 is 0 Å². The molecular weight excluding hydrogens is 240 g/mol. The molecule has 1 saturated carbocycles. The quantitative estimate of drug-likeness (QED) is 0.814. The van der Waals surface area contributed by atoms with Gasteiger partial charge in [-0.15, -0.1) is 0 Å². The van der Waals surface area contributed by atoms with E-state index in [1.165, 1.54) is 0 Å². The Bertz CT molecular complexity index is 453. The number of aromatic nitrogens is 1. The molecule has 104 valence electrons. The van der Waals surface area contributed by atoms with Crippen LogP contribution in [0.1, 0.15) is 37.2 Å². The molecule has 1 aromatic rings. The van der Waals surface area contributed by atoms with Gasteiger partial charge < -0.3 is 16.0 Å². The zero-order valence-electron chi connectivity index (χ0n) is 11.6. The number of rotatable bonds is 6. The Hall–Kier alpha value is -1.62. The van der Waals surface area contributed by atoms with E-state index in [-0.39, 0.29) is 11.4 Å². The maximum atomic E-state index is 12.2. The van der Waals surface area contributed by atoms with E-state index >= 15 is 0 Å². The first-order valence-electron chi connectivity index (χ1n) is 6.87. The standard InChI is InChI=1S/C14H22N4O/c1-3-18(4-2)13(19)12-9-11(5-8-16-12)17-14(10-15)6-7-14/h5,8-9H,3-4,6-7,10,15H2,1-2H3,(H,16,17). The van der Waals surface area contributed by atoms with Gasteiger partial charge in [-0.05, 0) is 38.8 Å². The van der Waals surface area contributed by atoms with Crippen molar-refractivity contribution >= 4 is 11.6 Å². The molecule has 0 aliphatic heterocycles. The average Bonchev–Trinajstić information content (AvgIpc) is 3.20. The minimum Gasteiger partial charge on any atom is -0.378 e. The van der Waals surface area contributed by atoms with Gasteiger partial charge in [0.15, 0.2) is 0 Å². The van der Waals surface area contributed by atoms with Gasteiger partial charge in [-0.3, -0.25) is 9.78 Å². The monoisotopic (exact) mass is 262 g/mol. The third-order valence-electron chi connectivity index (χ3n) is 3.68. The third kappa shape index (κ3) is 3.04. The first-order valence-corrected chi connectivity index (χ1v) is 6.87. The van der Waals surface area contributed by atoms with Crippen LogP contribution in [0.15, 0.2) is 18.3 Å². The van der Waals surface area contributed by atoms with Crippen LogP contribution in [0.2, 0.25) is 0 Å². The van der Waals surface area contributed by atoms with Gasteiger partial charge in [0, 0.05) is 37.1 Å². The number of carbonyl (C=O) groups excluding carboxylic acids is 1. The Morgan fingerprint density at radius 3 is 2.68 bits per heavy atom. The Kier molecular flexibility index (Phi) is 4.04. The van der Waals surface area contributed by atoms with E-state index < -0.39 is 0 Å². The molecule has 0 saturated heterocycles. The Morgan fingerprint density at radius 1 is 1.47 bits per heavy atom. The fourth-order valence-electron chi connectivity index (χ4n) is 2.14. The molecule has 0 atom stereocenters. The summed E-state index contributed by atoms with van der Waals surface area (Å²) in [6, 6.07) is 3.70. The van der Waals surface area contributed by atoms with Gasteiger partial charge in [0.1, 0.15) is 5.69 Å². The molecule has 5 heteroatoms. The van der Waals surface area contributed by atoms with Gasteiger partial charge in [-0.25, -0.2) is 0 Å². The van der Waals surface area contributed by atoms with Crippen LogP contribution < -0.4 is 11.1 Å². The van der Waals surface area contributed by atoms with Crippen molar-refractivity contribution in [3.8, 4) is 0 Å². The van der Waals surface area contributed by atoms with Crippen molar-refractivity contribution in [1.29, 1.82) is 0 Å². The van der Waals surface area contributed by atoms with Gasteiger partial charge in [-0.2, -0.15) is 0 Å². The molecule has 0 bridgehead atoms. The Labute approximate surface area is 114 Å². The molecule has 2 rings (SSSR count). The van der Waals surface area contributed by atoms with Gasteiger partial charge in [0.05, 0.1) is 0 Å². The number of pyridine rings is 1.